The van der Waals surface area contributed by atoms with Crippen molar-refractivity contribution in [3.63, 3.8) is 0 Å². The number of anilines is 1. The number of carbonyl (C=O) groups is 2. The second-order valence-electron chi connectivity index (χ2n) is 7.93. The lowest BCUT2D eigenvalue weighted by atomic mass is 10.0. The normalized spacial score (nSPS) is 23.2. The van der Waals surface area contributed by atoms with Crippen LogP contribution in [0.2, 0.25) is 5.02 Å². The number of halogens is 1. The van der Waals surface area contributed by atoms with Crippen molar-refractivity contribution < 1.29 is 23.8 Å². The third-order valence-electron chi connectivity index (χ3n) is 5.93. The summed E-state index contributed by atoms with van der Waals surface area (Å²) in [4.78, 5) is 29.4. The molecule has 2 fully saturated rings. The van der Waals surface area contributed by atoms with Gasteiger partial charge in [-0.2, -0.15) is 0 Å². The maximum atomic E-state index is 13.2. The first-order valence-electron chi connectivity index (χ1n) is 10.4. The number of hydrogen-bond acceptors (Lipinski definition) is 5. The lowest BCUT2D eigenvalue weighted by Crippen LogP contribution is -2.45. The van der Waals surface area contributed by atoms with Crippen LogP contribution >= 0.6 is 11.6 Å². The summed E-state index contributed by atoms with van der Waals surface area (Å²) < 4.78 is 17.1. The summed E-state index contributed by atoms with van der Waals surface area (Å²) in [6.07, 6.45) is 0.0111. The van der Waals surface area contributed by atoms with Crippen LogP contribution in [0.5, 0.6) is 11.5 Å². The van der Waals surface area contributed by atoms with Gasteiger partial charge in [-0.25, -0.2) is 0 Å². The Morgan fingerprint density at radius 1 is 0.968 bits per heavy atom. The number of hydrogen-bond donors (Lipinski definition) is 0. The molecule has 0 spiro atoms. The topological polar surface area (TPSA) is 68.3 Å². The summed E-state index contributed by atoms with van der Waals surface area (Å²) in [6.45, 7) is 2.82. The van der Waals surface area contributed by atoms with E-state index in [1.165, 1.54) is 0 Å². The van der Waals surface area contributed by atoms with Crippen molar-refractivity contribution >= 4 is 29.1 Å². The van der Waals surface area contributed by atoms with Crippen LogP contribution in [-0.2, 0) is 14.3 Å². The van der Waals surface area contributed by atoms with E-state index in [0.717, 1.165) is 11.3 Å². The van der Waals surface area contributed by atoms with Gasteiger partial charge in [0.15, 0.2) is 11.5 Å². The Labute approximate surface area is 185 Å². The number of ether oxygens (including phenoxy) is 3. The Kier molecular flexibility index (Phi) is 5.46. The van der Waals surface area contributed by atoms with Crippen LogP contribution in [0.3, 0.4) is 0 Å². The molecule has 2 unspecified atom stereocenters. The molecule has 7 nitrogen and oxygen atoms in total. The van der Waals surface area contributed by atoms with Crippen molar-refractivity contribution in [1.29, 1.82) is 0 Å². The fourth-order valence-corrected chi connectivity index (χ4v) is 4.44. The molecule has 162 valence electrons. The first-order chi connectivity index (χ1) is 15.1. The van der Waals surface area contributed by atoms with Gasteiger partial charge in [0.25, 0.3) is 0 Å². The minimum absolute atomic E-state index is 0.00402. The lowest BCUT2D eigenvalue weighted by molar-refractivity contribution is -0.143. The molecule has 0 aliphatic carbocycles. The van der Waals surface area contributed by atoms with Gasteiger partial charge in [0.2, 0.25) is 11.8 Å². The second-order valence-corrected chi connectivity index (χ2v) is 8.37. The van der Waals surface area contributed by atoms with Gasteiger partial charge in [-0.05, 0) is 29.8 Å². The molecule has 2 aromatic carbocycles. The summed E-state index contributed by atoms with van der Waals surface area (Å²) in [5.41, 5.74) is 1.72. The van der Waals surface area contributed by atoms with E-state index >= 15 is 0 Å². The molecular weight excluding hydrogens is 420 g/mol. The summed E-state index contributed by atoms with van der Waals surface area (Å²) in [5.74, 6) is 0.874. The van der Waals surface area contributed by atoms with Gasteiger partial charge in [0, 0.05) is 36.3 Å². The van der Waals surface area contributed by atoms with Crippen molar-refractivity contribution in [2.45, 2.75) is 12.5 Å². The standard InChI is InChI=1S/C23H23ClN2O5/c24-17-3-1-15(2-4-17)21-14-25(7-8-29-21)23(28)16-11-22(27)26(13-16)18-5-6-19-20(12-18)31-10-9-30-19/h1-6,12,16,21H,7-11,13-14H2. The average Bonchev–Trinajstić information content (AvgIpc) is 3.20. The number of fused-ring (bicyclic) bond motifs is 1. The SMILES string of the molecule is O=C(C1CC(=O)N(c2ccc3c(c2)OCCO3)C1)N1CCOC(c2ccc(Cl)cc2)C1. The molecule has 3 heterocycles. The van der Waals surface area contributed by atoms with E-state index in [4.69, 9.17) is 25.8 Å². The maximum absolute atomic E-state index is 13.2. The minimum Gasteiger partial charge on any atom is -0.486 e. The van der Waals surface area contributed by atoms with Gasteiger partial charge in [-0.3, -0.25) is 9.59 Å². The second kappa shape index (κ2) is 8.40. The van der Waals surface area contributed by atoms with E-state index in [1.54, 1.807) is 4.90 Å². The number of nitrogens with zero attached hydrogens (tertiary/aromatic N) is 2. The van der Waals surface area contributed by atoms with Crippen molar-refractivity contribution in [1.82, 2.24) is 4.90 Å². The highest BCUT2D eigenvalue weighted by atomic mass is 35.5. The maximum Gasteiger partial charge on any atom is 0.228 e. The minimum atomic E-state index is -0.371. The third kappa shape index (κ3) is 4.07. The molecule has 2 aromatic rings. The van der Waals surface area contributed by atoms with Gasteiger partial charge in [-0.1, -0.05) is 23.7 Å². The number of morpholine rings is 1. The molecule has 8 heteroatoms. The summed E-state index contributed by atoms with van der Waals surface area (Å²) in [5, 5.41) is 0.663. The number of rotatable bonds is 3. The van der Waals surface area contributed by atoms with Crippen LogP contribution in [0.4, 0.5) is 5.69 Å². The predicted molar refractivity (Wildman–Crippen MR) is 115 cm³/mol. The summed E-state index contributed by atoms with van der Waals surface area (Å²) in [7, 11) is 0. The van der Waals surface area contributed by atoms with E-state index in [1.807, 2.05) is 47.4 Å². The van der Waals surface area contributed by atoms with Crippen LogP contribution in [0.15, 0.2) is 42.5 Å². The fraction of sp³-hybridized carbons (Fsp3) is 0.391. The van der Waals surface area contributed by atoms with Gasteiger partial charge in [0.05, 0.1) is 19.1 Å². The van der Waals surface area contributed by atoms with E-state index in [-0.39, 0.29) is 30.3 Å². The molecule has 0 radical (unpaired) electrons. The van der Waals surface area contributed by atoms with E-state index in [0.29, 0.717) is 56.0 Å². The van der Waals surface area contributed by atoms with Crippen LogP contribution in [0, 0.1) is 5.92 Å². The largest absolute Gasteiger partial charge is 0.486 e. The number of amides is 2. The fourth-order valence-electron chi connectivity index (χ4n) is 4.31. The van der Waals surface area contributed by atoms with Crippen LogP contribution < -0.4 is 14.4 Å². The Bertz CT molecular complexity index is 996. The zero-order valence-electron chi connectivity index (χ0n) is 17.0. The van der Waals surface area contributed by atoms with E-state index in [2.05, 4.69) is 0 Å². The monoisotopic (exact) mass is 442 g/mol. The van der Waals surface area contributed by atoms with Gasteiger partial charge >= 0.3 is 0 Å². The predicted octanol–water partition coefficient (Wildman–Crippen LogP) is 3.06. The molecule has 0 N–H and O–H groups in total. The van der Waals surface area contributed by atoms with Crippen molar-refractivity contribution in [2.24, 2.45) is 5.92 Å². The first kappa shape index (κ1) is 20.2. The van der Waals surface area contributed by atoms with E-state index in [9.17, 15) is 9.59 Å². The van der Waals surface area contributed by atoms with Crippen LogP contribution in [0.1, 0.15) is 18.1 Å². The molecule has 0 bridgehead atoms. The van der Waals surface area contributed by atoms with Crippen LogP contribution in [0.25, 0.3) is 0 Å². The smallest absolute Gasteiger partial charge is 0.228 e. The molecule has 0 aromatic heterocycles. The molecule has 3 aliphatic heterocycles. The Morgan fingerprint density at radius 2 is 1.74 bits per heavy atom. The molecule has 2 saturated heterocycles. The van der Waals surface area contributed by atoms with Gasteiger partial charge in [0.1, 0.15) is 19.3 Å². The van der Waals surface area contributed by atoms with Gasteiger partial charge in [-0.15, -0.1) is 0 Å². The molecular formula is C23H23ClN2O5. The highest BCUT2D eigenvalue weighted by Gasteiger charge is 2.39. The first-order valence-corrected chi connectivity index (χ1v) is 10.8. The molecule has 0 saturated carbocycles. The van der Waals surface area contributed by atoms with Crippen molar-refractivity contribution in [3.05, 3.63) is 53.1 Å². The Balaban J connectivity index is 1.27. The zero-order chi connectivity index (χ0) is 21.4. The summed E-state index contributed by atoms with van der Waals surface area (Å²) in [6, 6.07) is 12.9. The van der Waals surface area contributed by atoms with Crippen molar-refractivity contribution in [3.8, 4) is 11.5 Å². The number of benzene rings is 2. The average molecular weight is 443 g/mol. The molecule has 3 aliphatic rings. The third-order valence-corrected chi connectivity index (χ3v) is 6.18. The highest BCUT2D eigenvalue weighted by Crippen LogP contribution is 2.36. The van der Waals surface area contributed by atoms with Crippen LogP contribution in [-0.4, -0.2) is 56.2 Å². The molecule has 2 atom stereocenters. The lowest BCUT2D eigenvalue weighted by Gasteiger charge is -2.34. The zero-order valence-corrected chi connectivity index (χ0v) is 17.7. The van der Waals surface area contributed by atoms with E-state index < -0.39 is 0 Å². The Hall–Kier alpha value is -2.77. The van der Waals surface area contributed by atoms with Gasteiger partial charge < -0.3 is 24.0 Å². The highest BCUT2D eigenvalue weighted by molar-refractivity contribution is 6.30. The Morgan fingerprint density at radius 3 is 2.55 bits per heavy atom. The number of carbonyl (C=O) groups excluding carboxylic acids is 2. The summed E-state index contributed by atoms with van der Waals surface area (Å²) >= 11 is 5.98. The molecule has 5 rings (SSSR count). The van der Waals surface area contributed by atoms with Crippen molar-refractivity contribution in [2.75, 3.05) is 44.4 Å². The molecule has 31 heavy (non-hydrogen) atoms. The molecule has 2 amide bonds. The quantitative estimate of drug-likeness (QED) is 0.730.